The fourth-order valence-electron chi connectivity index (χ4n) is 3.81. The molecule has 3 aromatic heterocycles. The Kier molecular flexibility index (Phi) is 6.61. The topological polar surface area (TPSA) is 118 Å². The van der Waals surface area contributed by atoms with Gasteiger partial charge in [-0.15, -0.1) is 0 Å². The van der Waals surface area contributed by atoms with Gasteiger partial charge in [-0.05, 0) is 24.5 Å². The number of rotatable bonds is 7. The summed E-state index contributed by atoms with van der Waals surface area (Å²) in [6.07, 6.45) is 4.01. The number of fused-ring (bicyclic) bond motifs is 1. The minimum atomic E-state index is -4.30. The predicted molar refractivity (Wildman–Crippen MR) is 131 cm³/mol. The van der Waals surface area contributed by atoms with Crippen LogP contribution >= 0.6 is 0 Å². The van der Waals surface area contributed by atoms with E-state index in [4.69, 9.17) is 0 Å². The zero-order chi connectivity index (χ0) is 26.3. The molecule has 36 heavy (non-hydrogen) atoms. The summed E-state index contributed by atoms with van der Waals surface area (Å²) in [7, 11) is -4.30. The average Bonchev–Trinajstić information content (AvgIpc) is 3.23. The molecule has 0 radical (unpaired) electrons. The summed E-state index contributed by atoms with van der Waals surface area (Å²) in [4.78, 5) is 25.6. The maximum atomic E-state index is 15.1. The van der Waals surface area contributed by atoms with Gasteiger partial charge >= 0.3 is 0 Å². The van der Waals surface area contributed by atoms with Crippen LogP contribution in [0.5, 0.6) is 0 Å². The van der Waals surface area contributed by atoms with Crippen molar-refractivity contribution in [1.29, 1.82) is 0 Å². The molecule has 0 saturated carbocycles. The molecule has 3 heterocycles. The number of sulfone groups is 1. The molecule has 0 aliphatic carbocycles. The summed E-state index contributed by atoms with van der Waals surface area (Å²) in [6, 6.07) is 5.60. The van der Waals surface area contributed by atoms with Crippen molar-refractivity contribution in [3.8, 4) is 11.4 Å². The van der Waals surface area contributed by atoms with E-state index in [0.717, 1.165) is 24.2 Å². The van der Waals surface area contributed by atoms with Gasteiger partial charge in [-0.25, -0.2) is 32.2 Å². The van der Waals surface area contributed by atoms with Crippen molar-refractivity contribution in [2.45, 2.75) is 49.9 Å². The van der Waals surface area contributed by atoms with Crippen molar-refractivity contribution in [2.24, 2.45) is 5.41 Å². The second kappa shape index (κ2) is 9.38. The molecule has 2 N–H and O–H groups in total. The number of hydrogen-bond acceptors (Lipinski definition) is 7. The number of halogens is 2. The molecule has 0 amide bonds. The first kappa shape index (κ1) is 25.4. The van der Waals surface area contributed by atoms with E-state index in [1.807, 2.05) is 27.7 Å². The Morgan fingerprint density at radius 3 is 2.39 bits per heavy atom. The van der Waals surface area contributed by atoms with Gasteiger partial charge in [0.2, 0.25) is 9.84 Å². The lowest BCUT2D eigenvalue weighted by Gasteiger charge is -2.30. The van der Waals surface area contributed by atoms with Crippen LogP contribution in [0.3, 0.4) is 0 Å². The van der Waals surface area contributed by atoms with Crippen molar-refractivity contribution in [3.05, 3.63) is 60.1 Å². The van der Waals surface area contributed by atoms with Gasteiger partial charge in [-0.1, -0.05) is 38.5 Å². The molecule has 0 bridgehead atoms. The Hall–Kier alpha value is -3.73. The van der Waals surface area contributed by atoms with Crippen molar-refractivity contribution >= 4 is 33.0 Å². The summed E-state index contributed by atoms with van der Waals surface area (Å²) in [5.74, 6) is -2.00. The number of carbonyl (C=O) groups is 1. The highest BCUT2D eigenvalue weighted by Crippen LogP contribution is 2.36. The van der Waals surface area contributed by atoms with E-state index < -0.39 is 37.8 Å². The Morgan fingerprint density at radius 2 is 1.75 bits per heavy atom. The van der Waals surface area contributed by atoms with Gasteiger partial charge < -0.3 is 15.1 Å². The Labute approximate surface area is 207 Å². The highest BCUT2D eigenvalue weighted by Gasteiger charge is 2.30. The van der Waals surface area contributed by atoms with Gasteiger partial charge in [0.15, 0.2) is 23.3 Å². The fraction of sp³-hybridized carbons (Fsp3) is 0.280. The van der Waals surface area contributed by atoms with Gasteiger partial charge in [-0.2, -0.15) is 0 Å². The van der Waals surface area contributed by atoms with Gasteiger partial charge in [0.05, 0.1) is 22.7 Å². The molecular formula is C25H25F2N5O3S. The van der Waals surface area contributed by atoms with E-state index >= 15 is 4.39 Å². The van der Waals surface area contributed by atoms with Crippen molar-refractivity contribution in [2.75, 3.05) is 5.32 Å². The quantitative estimate of drug-likeness (QED) is 0.339. The van der Waals surface area contributed by atoms with Gasteiger partial charge in [-0.3, -0.25) is 0 Å². The molecule has 11 heteroatoms. The van der Waals surface area contributed by atoms with Crippen LogP contribution < -0.4 is 5.32 Å². The van der Waals surface area contributed by atoms with Gasteiger partial charge in [0.25, 0.3) is 0 Å². The van der Waals surface area contributed by atoms with Crippen molar-refractivity contribution < 1.29 is 22.0 Å². The second-order valence-corrected chi connectivity index (χ2v) is 11.4. The lowest BCUT2D eigenvalue weighted by atomic mass is 9.85. The van der Waals surface area contributed by atoms with E-state index in [1.54, 1.807) is 12.1 Å². The van der Waals surface area contributed by atoms with Crippen LogP contribution in [0.25, 0.3) is 22.4 Å². The normalized spacial score (nSPS) is 13.1. The summed E-state index contributed by atoms with van der Waals surface area (Å²) in [6.45, 7) is 7.49. The van der Waals surface area contributed by atoms with Gasteiger partial charge in [0, 0.05) is 24.2 Å². The Balaban J connectivity index is 1.89. The molecule has 0 aliphatic heterocycles. The molecule has 1 unspecified atom stereocenters. The third-order valence-corrected chi connectivity index (χ3v) is 7.71. The largest absolute Gasteiger partial charge is 0.364 e. The molecule has 8 nitrogen and oxygen atoms in total. The van der Waals surface area contributed by atoms with Crippen LogP contribution in [0, 0.1) is 24.0 Å². The molecule has 1 atom stereocenters. The number of carbonyl (C=O) groups excluding carboxylic acids is 1. The molecule has 0 spiro atoms. The number of aldehydes is 1. The molecule has 4 aromatic rings. The molecule has 1 aromatic carbocycles. The standard InChI is InChI=1S/C25H25F2N5O3S/c1-14-5-7-15(8-6-14)36(34,35)21-17(26)12-30-24-20(21)16(11-28-24)22-29-13-18(27)23(32-22)31-19(9-10-33)25(2,3)4/h5-8,10-13,19H,9H2,1-4H3,(H,28,30)(H,29,31,32). The van der Waals surface area contributed by atoms with Crippen LogP contribution in [0.2, 0.25) is 0 Å². The van der Waals surface area contributed by atoms with E-state index in [2.05, 4.69) is 25.3 Å². The second-order valence-electron chi connectivity index (χ2n) is 9.53. The highest BCUT2D eigenvalue weighted by atomic mass is 32.2. The maximum Gasteiger partial charge on any atom is 0.210 e. The highest BCUT2D eigenvalue weighted by molar-refractivity contribution is 7.91. The number of anilines is 1. The first-order valence-corrected chi connectivity index (χ1v) is 12.6. The molecule has 0 saturated heterocycles. The molecule has 0 fully saturated rings. The first-order valence-electron chi connectivity index (χ1n) is 11.1. The van der Waals surface area contributed by atoms with E-state index in [9.17, 15) is 17.6 Å². The zero-order valence-electron chi connectivity index (χ0n) is 20.1. The smallest absolute Gasteiger partial charge is 0.210 e. The number of benzene rings is 1. The summed E-state index contributed by atoms with van der Waals surface area (Å²) >= 11 is 0. The van der Waals surface area contributed by atoms with E-state index in [-0.39, 0.29) is 39.6 Å². The van der Waals surface area contributed by atoms with E-state index in [1.165, 1.54) is 18.3 Å². The Morgan fingerprint density at radius 1 is 1.08 bits per heavy atom. The van der Waals surface area contributed by atoms with Gasteiger partial charge in [0.1, 0.15) is 16.8 Å². The van der Waals surface area contributed by atoms with Crippen LogP contribution in [-0.4, -0.2) is 40.7 Å². The summed E-state index contributed by atoms with van der Waals surface area (Å²) in [5.41, 5.74) is 0.683. The number of nitrogens with one attached hydrogen (secondary N) is 2. The number of nitrogens with zero attached hydrogens (tertiary/aromatic N) is 3. The van der Waals surface area contributed by atoms with Crippen molar-refractivity contribution in [3.63, 3.8) is 0 Å². The van der Waals surface area contributed by atoms with Crippen LogP contribution in [0.4, 0.5) is 14.6 Å². The first-order chi connectivity index (χ1) is 16.9. The maximum absolute atomic E-state index is 15.1. The molecule has 0 aliphatic rings. The number of H-pyrrole nitrogens is 1. The fourth-order valence-corrected chi connectivity index (χ4v) is 5.32. The Bertz CT molecular complexity index is 1540. The number of aromatic nitrogens is 4. The van der Waals surface area contributed by atoms with E-state index in [0.29, 0.717) is 0 Å². The number of pyridine rings is 1. The van der Waals surface area contributed by atoms with Crippen LogP contribution in [0.15, 0.2) is 52.6 Å². The lowest BCUT2D eigenvalue weighted by molar-refractivity contribution is -0.108. The minimum Gasteiger partial charge on any atom is -0.364 e. The summed E-state index contributed by atoms with van der Waals surface area (Å²) in [5, 5.41) is 2.90. The van der Waals surface area contributed by atoms with Crippen LogP contribution in [-0.2, 0) is 14.6 Å². The lowest BCUT2D eigenvalue weighted by Crippen LogP contribution is -2.35. The SMILES string of the molecule is Cc1ccc(S(=O)(=O)c2c(F)cnc3[nH]cc(-c4ncc(F)c(NC(CC=O)C(C)(C)C)n4)c23)cc1. The molecule has 4 rings (SSSR count). The monoisotopic (exact) mass is 513 g/mol. The zero-order valence-corrected chi connectivity index (χ0v) is 21.0. The molecular weight excluding hydrogens is 488 g/mol. The van der Waals surface area contributed by atoms with Crippen molar-refractivity contribution in [1.82, 2.24) is 19.9 Å². The van der Waals surface area contributed by atoms with Crippen LogP contribution in [0.1, 0.15) is 32.8 Å². The number of hydrogen-bond donors (Lipinski definition) is 2. The summed E-state index contributed by atoms with van der Waals surface area (Å²) < 4.78 is 56.7. The predicted octanol–water partition coefficient (Wildman–Crippen LogP) is 4.85. The molecule has 188 valence electrons. The number of aryl methyl sites for hydroxylation is 1. The minimum absolute atomic E-state index is 0.0448. The third-order valence-electron chi connectivity index (χ3n) is 5.88. The number of aromatic amines is 1. The third kappa shape index (κ3) is 4.70. The average molecular weight is 514 g/mol.